The lowest BCUT2D eigenvalue weighted by molar-refractivity contribution is -0.116. The molecule has 0 unspecified atom stereocenters. The molecule has 26 heavy (non-hydrogen) atoms. The molecule has 0 saturated heterocycles. The van der Waals surface area contributed by atoms with Crippen molar-refractivity contribution in [2.75, 3.05) is 12.4 Å². The molecule has 4 rings (SSSR count). The van der Waals surface area contributed by atoms with Crippen LogP contribution in [0.2, 0.25) is 0 Å². The number of nitrogens with zero attached hydrogens (tertiary/aromatic N) is 2. The third kappa shape index (κ3) is 3.04. The van der Waals surface area contributed by atoms with Crippen molar-refractivity contribution in [1.82, 2.24) is 9.55 Å². The van der Waals surface area contributed by atoms with Crippen LogP contribution in [0.25, 0.3) is 22.6 Å². The second-order valence-corrected chi connectivity index (χ2v) is 5.77. The summed E-state index contributed by atoms with van der Waals surface area (Å²) in [5.41, 5.74) is 2.37. The van der Waals surface area contributed by atoms with Crippen molar-refractivity contribution < 1.29 is 13.9 Å². The van der Waals surface area contributed by atoms with Gasteiger partial charge in [-0.15, -0.1) is 0 Å². The first-order valence-electron chi connectivity index (χ1n) is 8.17. The van der Waals surface area contributed by atoms with Gasteiger partial charge in [-0.05, 0) is 36.4 Å². The first-order chi connectivity index (χ1) is 12.7. The number of fused-ring (bicyclic) bond motifs is 1. The standard InChI is InChI=1S/C20H17N3O3/c1-25-15-7-4-6-14(12-15)21-19(24)13-23-17-9-3-2-8-16(17)22-20(23)18-10-5-11-26-18/h2-12H,13H2,1H3,(H,21,24). The molecule has 0 radical (unpaired) electrons. The first kappa shape index (κ1) is 16.0. The number of amides is 1. The van der Waals surface area contributed by atoms with Crippen LogP contribution in [0.1, 0.15) is 0 Å². The van der Waals surface area contributed by atoms with Crippen molar-refractivity contribution in [2.24, 2.45) is 0 Å². The van der Waals surface area contributed by atoms with Crippen LogP contribution >= 0.6 is 0 Å². The maximum absolute atomic E-state index is 12.6. The molecule has 0 spiro atoms. The molecular formula is C20H17N3O3. The summed E-state index contributed by atoms with van der Waals surface area (Å²) in [6, 6.07) is 18.6. The lowest BCUT2D eigenvalue weighted by Gasteiger charge is -2.10. The number of benzene rings is 2. The van der Waals surface area contributed by atoms with Gasteiger partial charge in [0.15, 0.2) is 11.6 Å². The van der Waals surface area contributed by atoms with E-state index in [2.05, 4.69) is 10.3 Å². The Morgan fingerprint density at radius 1 is 1.15 bits per heavy atom. The fraction of sp³-hybridized carbons (Fsp3) is 0.100. The minimum atomic E-state index is -0.158. The van der Waals surface area contributed by atoms with Gasteiger partial charge in [0.05, 0.1) is 24.4 Å². The fourth-order valence-corrected chi connectivity index (χ4v) is 2.87. The predicted molar refractivity (Wildman–Crippen MR) is 99.1 cm³/mol. The number of rotatable bonds is 5. The number of ether oxygens (including phenoxy) is 1. The molecule has 6 heteroatoms. The van der Waals surface area contributed by atoms with Gasteiger partial charge in [0.25, 0.3) is 0 Å². The van der Waals surface area contributed by atoms with Crippen molar-refractivity contribution >= 4 is 22.6 Å². The number of aromatic nitrogens is 2. The smallest absolute Gasteiger partial charge is 0.244 e. The Hall–Kier alpha value is -3.54. The van der Waals surface area contributed by atoms with Crippen LogP contribution in [0.4, 0.5) is 5.69 Å². The van der Waals surface area contributed by atoms with Crippen LogP contribution in [-0.2, 0) is 11.3 Å². The number of carbonyl (C=O) groups excluding carboxylic acids is 1. The summed E-state index contributed by atoms with van der Waals surface area (Å²) < 4.78 is 12.5. The Morgan fingerprint density at radius 3 is 2.85 bits per heavy atom. The molecule has 0 saturated carbocycles. The third-order valence-corrected chi connectivity index (χ3v) is 4.05. The number of furan rings is 1. The van der Waals surface area contributed by atoms with Crippen molar-refractivity contribution in [1.29, 1.82) is 0 Å². The molecule has 130 valence electrons. The van der Waals surface area contributed by atoms with E-state index >= 15 is 0 Å². The first-order valence-corrected chi connectivity index (χ1v) is 8.17. The molecule has 0 bridgehead atoms. The van der Waals surface area contributed by atoms with Gasteiger partial charge in [-0.25, -0.2) is 4.98 Å². The van der Waals surface area contributed by atoms with Crippen LogP contribution in [0, 0.1) is 0 Å². The lowest BCUT2D eigenvalue weighted by Crippen LogP contribution is -2.19. The molecule has 2 aromatic carbocycles. The second-order valence-electron chi connectivity index (χ2n) is 5.77. The summed E-state index contributed by atoms with van der Waals surface area (Å²) >= 11 is 0. The second kappa shape index (κ2) is 6.76. The molecule has 0 fully saturated rings. The number of methoxy groups -OCH3 is 1. The fourth-order valence-electron chi connectivity index (χ4n) is 2.87. The summed E-state index contributed by atoms with van der Waals surface area (Å²) in [7, 11) is 1.59. The van der Waals surface area contributed by atoms with Crippen LogP contribution in [0.15, 0.2) is 71.3 Å². The Kier molecular flexibility index (Phi) is 4.15. The topological polar surface area (TPSA) is 69.3 Å². The molecule has 6 nitrogen and oxygen atoms in total. The Labute approximate surface area is 150 Å². The highest BCUT2D eigenvalue weighted by Crippen LogP contribution is 2.25. The molecule has 1 N–H and O–H groups in total. The van der Waals surface area contributed by atoms with E-state index in [4.69, 9.17) is 9.15 Å². The molecular weight excluding hydrogens is 330 g/mol. The van der Waals surface area contributed by atoms with Crippen molar-refractivity contribution in [3.05, 3.63) is 66.9 Å². The number of nitrogens with one attached hydrogen (secondary N) is 1. The van der Waals surface area contributed by atoms with Crippen LogP contribution in [0.5, 0.6) is 5.75 Å². The highest BCUT2D eigenvalue weighted by atomic mass is 16.5. The van der Waals surface area contributed by atoms with Gasteiger partial charge in [0.1, 0.15) is 12.3 Å². The zero-order valence-electron chi connectivity index (χ0n) is 14.2. The predicted octanol–water partition coefficient (Wildman–Crippen LogP) is 3.94. The van der Waals surface area contributed by atoms with Gasteiger partial charge in [-0.3, -0.25) is 4.79 Å². The molecule has 2 aromatic heterocycles. The average Bonchev–Trinajstić information content (AvgIpc) is 3.30. The molecule has 0 aliphatic rings. The summed E-state index contributed by atoms with van der Waals surface area (Å²) in [6.07, 6.45) is 1.59. The van der Waals surface area contributed by atoms with E-state index in [-0.39, 0.29) is 12.5 Å². The van der Waals surface area contributed by atoms with Crippen molar-refractivity contribution in [3.8, 4) is 17.3 Å². The van der Waals surface area contributed by atoms with E-state index < -0.39 is 0 Å². The molecule has 0 aliphatic heterocycles. The van der Waals surface area contributed by atoms with Crippen LogP contribution in [0.3, 0.4) is 0 Å². The molecule has 4 aromatic rings. The highest BCUT2D eigenvalue weighted by molar-refractivity contribution is 5.92. The molecule has 1 amide bonds. The molecule has 0 aliphatic carbocycles. The van der Waals surface area contributed by atoms with Crippen LogP contribution in [-0.4, -0.2) is 22.6 Å². The number of hydrogen-bond donors (Lipinski definition) is 1. The monoisotopic (exact) mass is 347 g/mol. The maximum atomic E-state index is 12.6. The number of para-hydroxylation sites is 2. The molecule has 0 atom stereocenters. The van der Waals surface area contributed by atoms with E-state index in [0.717, 1.165) is 11.0 Å². The summed E-state index contributed by atoms with van der Waals surface area (Å²) in [5, 5.41) is 2.89. The average molecular weight is 347 g/mol. The zero-order chi connectivity index (χ0) is 17.9. The van der Waals surface area contributed by atoms with Crippen molar-refractivity contribution in [3.63, 3.8) is 0 Å². The van der Waals surface area contributed by atoms with Gasteiger partial charge in [-0.1, -0.05) is 18.2 Å². The van der Waals surface area contributed by atoms with Gasteiger partial charge < -0.3 is 19.0 Å². The van der Waals surface area contributed by atoms with Gasteiger partial charge >= 0.3 is 0 Å². The number of anilines is 1. The minimum absolute atomic E-state index is 0.119. The van der Waals surface area contributed by atoms with Gasteiger partial charge in [0.2, 0.25) is 5.91 Å². The third-order valence-electron chi connectivity index (χ3n) is 4.05. The van der Waals surface area contributed by atoms with E-state index in [1.54, 1.807) is 25.5 Å². The van der Waals surface area contributed by atoms with Gasteiger partial charge in [-0.2, -0.15) is 0 Å². The van der Waals surface area contributed by atoms with Gasteiger partial charge in [0, 0.05) is 11.8 Å². The van der Waals surface area contributed by atoms with E-state index in [1.165, 1.54) is 0 Å². The van der Waals surface area contributed by atoms with Crippen LogP contribution < -0.4 is 10.1 Å². The summed E-state index contributed by atoms with van der Waals surface area (Å²) in [6.45, 7) is 0.119. The SMILES string of the molecule is COc1cccc(NC(=O)Cn2c(-c3ccco3)nc3ccccc32)c1. The quantitative estimate of drug-likeness (QED) is 0.594. The summed E-state index contributed by atoms with van der Waals surface area (Å²) in [5.74, 6) is 1.77. The van der Waals surface area contributed by atoms with Crippen molar-refractivity contribution in [2.45, 2.75) is 6.54 Å². The largest absolute Gasteiger partial charge is 0.497 e. The number of hydrogen-bond acceptors (Lipinski definition) is 4. The number of carbonyl (C=O) groups is 1. The Morgan fingerprint density at radius 2 is 2.04 bits per heavy atom. The van der Waals surface area contributed by atoms with E-state index in [0.29, 0.717) is 23.0 Å². The normalized spacial score (nSPS) is 10.8. The Balaban J connectivity index is 1.65. The maximum Gasteiger partial charge on any atom is 0.244 e. The summed E-state index contributed by atoms with van der Waals surface area (Å²) in [4.78, 5) is 17.2. The lowest BCUT2D eigenvalue weighted by atomic mass is 10.3. The molecule has 2 heterocycles. The Bertz CT molecular complexity index is 1050. The zero-order valence-corrected chi connectivity index (χ0v) is 14.2. The number of imidazole rings is 1. The highest BCUT2D eigenvalue weighted by Gasteiger charge is 2.17. The van der Waals surface area contributed by atoms with E-state index in [1.807, 2.05) is 53.1 Å². The minimum Gasteiger partial charge on any atom is -0.497 e. The van der Waals surface area contributed by atoms with E-state index in [9.17, 15) is 4.79 Å².